The van der Waals surface area contributed by atoms with Crippen LogP contribution in [0, 0.1) is 5.92 Å². The molecule has 1 aromatic rings. The number of anilines is 1. The highest BCUT2D eigenvalue weighted by atomic mass is 19.4. The fourth-order valence-electron chi connectivity index (χ4n) is 1.74. The van der Waals surface area contributed by atoms with Gasteiger partial charge in [-0.25, -0.2) is 4.79 Å². The molecule has 1 aliphatic carbocycles. The fraction of sp³-hybridized carbons (Fsp3) is 0.417. The predicted molar refractivity (Wildman–Crippen MR) is 60.9 cm³/mol. The summed E-state index contributed by atoms with van der Waals surface area (Å²) in [6, 6.07) is 4.30. The van der Waals surface area contributed by atoms with Crippen LogP contribution in [0.1, 0.15) is 12.8 Å². The summed E-state index contributed by atoms with van der Waals surface area (Å²) >= 11 is 0. The van der Waals surface area contributed by atoms with Gasteiger partial charge in [0.25, 0.3) is 0 Å². The van der Waals surface area contributed by atoms with Crippen LogP contribution in [0.3, 0.4) is 0 Å². The zero-order chi connectivity index (χ0) is 14.0. The van der Waals surface area contributed by atoms with Crippen LogP contribution in [0.2, 0.25) is 0 Å². The second-order valence-corrected chi connectivity index (χ2v) is 4.37. The zero-order valence-electron chi connectivity index (χ0n) is 9.78. The van der Waals surface area contributed by atoms with Gasteiger partial charge in [-0.15, -0.1) is 13.2 Å². The number of hydrogen-bond acceptors (Lipinski definition) is 3. The molecule has 1 fully saturated rings. The van der Waals surface area contributed by atoms with Crippen molar-refractivity contribution in [2.45, 2.75) is 25.2 Å². The van der Waals surface area contributed by atoms with Crippen LogP contribution >= 0.6 is 0 Å². The molecule has 2 rings (SSSR count). The van der Waals surface area contributed by atoms with E-state index in [1.54, 1.807) is 0 Å². The summed E-state index contributed by atoms with van der Waals surface area (Å²) in [6.07, 6.45) is -3.04. The third-order valence-electron chi connectivity index (χ3n) is 2.77. The molecule has 104 valence electrons. The van der Waals surface area contributed by atoms with E-state index in [4.69, 9.17) is 5.11 Å². The summed E-state index contributed by atoms with van der Waals surface area (Å²) in [6.45, 7) is 0. The van der Waals surface area contributed by atoms with Crippen molar-refractivity contribution >= 4 is 11.7 Å². The lowest BCUT2D eigenvalue weighted by molar-refractivity contribution is -0.274. The number of halogens is 3. The molecule has 0 heterocycles. The van der Waals surface area contributed by atoms with Gasteiger partial charge in [0.2, 0.25) is 0 Å². The first-order valence-electron chi connectivity index (χ1n) is 5.70. The number of benzene rings is 1. The van der Waals surface area contributed by atoms with Crippen LogP contribution in [0.4, 0.5) is 18.9 Å². The second-order valence-electron chi connectivity index (χ2n) is 4.37. The Morgan fingerprint density at radius 3 is 2.32 bits per heavy atom. The van der Waals surface area contributed by atoms with E-state index in [-0.39, 0.29) is 11.7 Å². The van der Waals surface area contributed by atoms with Crippen LogP contribution in [0.15, 0.2) is 24.3 Å². The number of alkyl halides is 3. The van der Waals surface area contributed by atoms with E-state index in [2.05, 4.69) is 10.1 Å². The Kier molecular flexibility index (Phi) is 3.55. The number of carboxylic acids is 1. The maximum absolute atomic E-state index is 12.0. The van der Waals surface area contributed by atoms with Gasteiger partial charge in [-0.3, -0.25) is 0 Å². The second kappa shape index (κ2) is 4.99. The molecule has 0 saturated heterocycles. The normalized spacial score (nSPS) is 16.8. The Labute approximate surface area is 107 Å². The molecule has 1 saturated carbocycles. The molecule has 0 amide bonds. The van der Waals surface area contributed by atoms with Gasteiger partial charge in [-0.1, -0.05) is 0 Å². The maximum Gasteiger partial charge on any atom is 0.573 e. The molecule has 7 heteroatoms. The molecule has 1 unspecified atom stereocenters. The van der Waals surface area contributed by atoms with E-state index in [1.165, 1.54) is 12.1 Å². The summed E-state index contributed by atoms with van der Waals surface area (Å²) in [5, 5.41) is 11.8. The smallest absolute Gasteiger partial charge is 0.480 e. The lowest BCUT2D eigenvalue weighted by atomic mass is 10.1. The quantitative estimate of drug-likeness (QED) is 0.867. The summed E-state index contributed by atoms with van der Waals surface area (Å²) in [7, 11) is 0. The van der Waals surface area contributed by atoms with Crippen molar-refractivity contribution in [3.05, 3.63) is 24.3 Å². The molecule has 4 nitrogen and oxygen atoms in total. The Morgan fingerprint density at radius 2 is 1.89 bits per heavy atom. The van der Waals surface area contributed by atoms with Crippen LogP contribution in [-0.2, 0) is 4.79 Å². The van der Waals surface area contributed by atoms with Crippen molar-refractivity contribution in [3.63, 3.8) is 0 Å². The maximum atomic E-state index is 12.0. The van der Waals surface area contributed by atoms with Gasteiger partial charge in [0.1, 0.15) is 11.8 Å². The van der Waals surface area contributed by atoms with Gasteiger partial charge in [0.15, 0.2) is 0 Å². The topological polar surface area (TPSA) is 58.6 Å². The molecule has 0 aromatic heterocycles. The van der Waals surface area contributed by atoms with Crippen molar-refractivity contribution in [2.75, 3.05) is 5.32 Å². The lowest BCUT2D eigenvalue weighted by Gasteiger charge is -2.15. The van der Waals surface area contributed by atoms with Crippen LogP contribution < -0.4 is 10.1 Å². The molecule has 1 atom stereocenters. The van der Waals surface area contributed by atoms with Crippen molar-refractivity contribution in [1.29, 1.82) is 0 Å². The average molecular weight is 275 g/mol. The van der Waals surface area contributed by atoms with Crippen LogP contribution in [-0.4, -0.2) is 23.5 Å². The van der Waals surface area contributed by atoms with Gasteiger partial charge < -0.3 is 15.2 Å². The van der Waals surface area contributed by atoms with E-state index in [0.717, 1.165) is 25.0 Å². The Bertz CT molecular complexity index is 454. The van der Waals surface area contributed by atoms with Crippen molar-refractivity contribution < 1.29 is 27.8 Å². The Hall–Kier alpha value is -1.92. The number of carboxylic acid groups (broad SMARTS) is 1. The third-order valence-corrected chi connectivity index (χ3v) is 2.77. The molecule has 0 radical (unpaired) electrons. The molecule has 0 bridgehead atoms. The predicted octanol–water partition coefficient (Wildman–Crippen LogP) is 2.86. The molecule has 2 N–H and O–H groups in total. The number of aliphatic carboxylic acids is 1. The van der Waals surface area contributed by atoms with Crippen molar-refractivity contribution in [2.24, 2.45) is 5.92 Å². The lowest BCUT2D eigenvalue weighted by Crippen LogP contribution is -2.31. The standard InChI is InChI=1S/C12H12F3NO3/c13-12(14,15)19-9-5-3-8(4-6-9)16-10(11(17)18)7-1-2-7/h3-7,10,16H,1-2H2,(H,17,18). The molecular weight excluding hydrogens is 263 g/mol. The number of carbonyl (C=O) groups is 1. The number of hydrogen-bond donors (Lipinski definition) is 2. The van der Waals surface area contributed by atoms with Crippen LogP contribution in [0.25, 0.3) is 0 Å². The first-order valence-corrected chi connectivity index (χ1v) is 5.70. The average Bonchev–Trinajstić information content (AvgIpc) is 3.09. The first kappa shape index (κ1) is 13.5. The largest absolute Gasteiger partial charge is 0.573 e. The fourth-order valence-corrected chi connectivity index (χ4v) is 1.74. The summed E-state index contributed by atoms with van der Waals surface area (Å²) < 4.78 is 39.6. The first-order chi connectivity index (χ1) is 8.85. The number of ether oxygens (including phenoxy) is 1. The monoisotopic (exact) mass is 275 g/mol. The van der Waals surface area contributed by atoms with Crippen molar-refractivity contribution in [1.82, 2.24) is 0 Å². The van der Waals surface area contributed by atoms with E-state index < -0.39 is 18.4 Å². The van der Waals surface area contributed by atoms with Gasteiger partial charge in [-0.2, -0.15) is 0 Å². The highest BCUT2D eigenvalue weighted by molar-refractivity contribution is 5.78. The summed E-state index contributed by atoms with van der Waals surface area (Å²) in [4.78, 5) is 11.0. The van der Waals surface area contributed by atoms with E-state index in [1.807, 2.05) is 0 Å². The minimum absolute atomic E-state index is 0.0867. The third kappa shape index (κ3) is 4.04. The van der Waals surface area contributed by atoms with E-state index in [9.17, 15) is 18.0 Å². The van der Waals surface area contributed by atoms with Gasteiger partial charge in [-0.05, 0) is 43.0 Å². The van der Waals surface area contributed by atoms with Gasteiger partial charge >= 0.3 is 12.3 Å². The highest BCUT2D eigenvalue weighted by Crippen LogP contribution is 2.34. The molecule has 0 aliphatic heterocycles. The SMILES string of the molecule is O=C(O)C(Nc1ccc(OC(F)(F)F)cc1)C1CC1. The zero-order valence-corrected chi connectivity index (χ0v) is 9.78. The van der Waals surface area contributed by atoms with E-state index in [0.29, 0.717) is 5.69 Å². The van der Waals surface area contributed by atoms with E-state index >= 15 is 0 Å². The molecule has 1 aliphatic rings. The Balaban J connectivity index is 2.00. The van der Waals surface area contributed by atoms with Crippen molar-refractivity contribution in [3.8, 4) is 5.75 Å². The highest BCUT2D eigenvalue weighted by Gasteiger charge is 2.36. The summed E-state index contributed by atoms with van der Waals surface area (Å²) in [5.41, 5.74) is 0.453. The minimum Gasteiger partial charge on any atom is -0.480 e. The minimum atomic E-state index is -4.73. The number of rotatable bonds is 5. The molecule has 1 aromatic carbocycles. The molecule has 0 spiro atoms. The van der Waals surface area contributed by atoms with Gasteiger partial charge in [0, 0.05) is 5.69 Å². The number of nitrogens with one attached hydrogen (secondary N) is 1. The molecular formula is C12H12F3NO3. The molecule has 19 heavy (non-hydrogen) atoms. The van der Waals surface area contributed by atoms with Gasteiger partial charge in [0.05, 0.1) is 0 Å². The Morgan fingerprint density at radius 1 is 1.32 bits per heavy atom. The summed E-state index contributed by atoms with van der Waals surface area (Å²) in [5.74, 6) is -1.21. The van der Waals surface area contributed by atoms with Crippen LogP contribution in [0.5, 0.6) is 5.75 Å².